The van der Waals surface area contributed by atoms with Crippen molar-refractivity contribution >= 4 is 28.8 Å². The summed E-state index contributed by atoms with van der Waals surface area (Å²) in [6, 6.07) is 0. The molecule has 0 fully saturated rings. The van der Waals surface area contributed by atoms with Gasteiger partial charge in [-0.1, -0.05) is 25.1 Å². The third-order valence-electron chi connectivity index (χ3n) is 1.12. The number of rotatable bonds is 3. The Balaban J connectivity index is 3.49. The first-order chi connectivity index (χ1) is 3.85. The van der Waals surface area contributed by atoms with Crippen LogP contribution in [0.15, 0.2) is 11.3 Å². The first-order valence-electron chi connectivity index (χ1n) is 3.09. The summed E-state index contributed by atoms with van der Waals surface area (Å²) in [5, 5.41) is 1.72. The van der Waals surface area contributed by atoms with Crippen molar-refractivity contribution in [3.8, 4) is 0 Å². The van der Waals surface area contributed by atoms with Crippen LogP contribution in [0.5, 0.6) is 0 Å². The summed E-state index contributed by atoms with van der Waals surface area (Å²) in [4.78, 5) is 0. The molecule has 0 heterocycles. The molecule has 2 heteroatoms. The van der Waals surface area contributed by atoms with Crippen molar-refractivity contribution in [2.24, 2.45) is 0 Å². The zero-order valence-corrected chi connectivity index (χ0v) is 9.15. The van der Waals surface area contributed by atoms with Crippen LogP contribution in [0.1, 0.15) is 26.7 Å². The average Bonchev–Trinajstić information content (AvgIpc) is 1.83. The molecule has 0 amide bonds. The molecule has 0 saturated heterocycles. The standard InChI is InChI=1S/C6H13ISi/c1-3-5-6(4-2)8-7/h5H,3-4,8H2,1-2H3. The van der Waals surface area contributed by atoms with E-state index in [0.29, 0.717) is 0 Å². The second-order valence-corrected chi connectivity index (χ2v) is 5.22. The molecule has 0 rings (SSSR count). The van der Waals surface area contributed by atoms with Gasteiger partial charge in [-0.2, -0.15) is 0 Å². The van der Waals surface area contributed by atoms with E-state index in [-0.39, 0.29) is 7.02 Å². The third kappa shape index (κ3) is 3.66. The molecule has 8 heavy (non-hydrogen) atoms. The molecule has 0 aromatic carbocycles. The van der Waals surface area contributed by atoms with E-state index < -0.39 is 0 Å². The molecule has 0 nitrogen and oxygen atoms in total. The van der Waals surface area contributed by atoms with Gasteiger partial charge in [-0.3, -0.25) is 0 Å². The van der Waals surface area contributed by atoms with Crippen LogP contribution in [0.2, 0.25) is 0 Å². The van der Waals surface area contributed by atoms with Gasteiger partial charge in [0.1, 0.15) is 7.02 Å². The van der Waals surface area contributed by atoms with Crippen LogP contribution in [-0.2, 0) is 0 Å². The minimum atomic E-state index is 0.148. The van der Waals surface area contributed by atoms with E-state index in [1.165, 1.54) is 12.8 Å². The van der Waals surface area contributed by atoms with Crippen LogP contribution in [0.4, 0.5) is 0 Å². The van der Waals surface area contributed by atoms with E-state index in [0.717, 1.165) is 0 Å². The minimum absolute atomic E-state index is 0.148. The van der Waals surface area contributed by atoms with Gasteiger partial charge in [0.05, 0.1) is 0 Å². The number of allylic oxidation sites excluding steroid dienone is 2. The summed E-state index contributed by atoms with van der Waals surface area (Å²) >= 11 is 2.54. The summed E-state index contributed by atoms with van der Waals surface area (Å²) in [6.07, 6.45) is 4.88. The van der Waals surface area contributed by atoms with E-state index in [1.54, 1.807) is 5.20 Å². The maximum Gasteiger partial charge on any atom is 0.120 e. The van der Waals surface area contributed by atoms with Crippen LogP contribution in [-0.4, -0.2) is 7.02 Å². The van der Waals surface area contributed by atoms with Gasteiger partial charge < -0.3 is 0 Å². The molecule has 0 aromatic heterocycles. The molecule has 0 aliphatic rings. The second kappa shape index (κ2) is 5.82. The Kier molecular flexibility index (Phi) is 6.32. The van der Waals surface area contributed by atoms with E-state index in [4.69, 9.17) is 0 Å². The number of hydrogen-bond acceptors (Lipinski definition) is 0. The van der Waals surface area contributed by atoms with Crippen molar-refractivity contribution in [2.75, 3.05) is 0 Å². The highest BCUT2D eigenvalue weighted by atomic mass is 127. The highest BCUT2D eigenvalue weighted by Crippen LogP contribution is 2.02. The Hall–Kier alpha value is 0.687. The zero-order valence-electron chi connectivity index (χ0n) is 5.58. The fraction of sp³-hybridized carbons (Fsp3) is 0.667. The van der Waals surface area contributed by atoms with Gasteiger partial charge in [-0.15, -0.1) is 21.8 Å². The molecule has 0 N–H and O–H groups in total. The van der Waals surface area contributed by atoms with Crippen molar-refractivity contribution in [1.29, 1.82) is 0 Å². The number of hydrogen-bond donors (Lipinski definition) is 0. The first kappa shape index (κ1) is 8.69. The number of halogens is 1. The third-order valence-corrected chi connectivity index (χ3v) is 5.19. The smallest absolute Gasteiger partial charge is 0.120 e. The Bertz CT molecular complexity index is 72.6. The Morgan fingerprint density at radius 2 is 2.25 bits per heavy atom. The highest BCUT2D eigenvalue weighted by molar-refractivity contribution is 14.1. The molecule has 0 atom stereocenters. The zero-order chi connectivity index (χ0) is 6.41. The lowest BCUT2D eigenvalue weighted by Gasteiger charge is -1.93. The monoisotopic (exact) mass is 240 g/mol. The maximum atomic E-state index is 2.54. The second-order valence-electron chi connectivity index (χ2n) is 1.76. The van der Waals surface area contributed by atoms with Gasteiger partial charge in [-0.05, 0) is 12.8 Å². The maximum absolute atomic E-state index is 2.54. The fourth-order valence-corrected chi connectivity index (χ4v) is 3.72. The van der Waals surface area contributed by atoms with Crippen LogP contribution < -0.4 is 0 Å². The normalized spacial score (nSPS) is 13.6. The summed E-state index contributed by atoms with van der Waals surface area (Å²) in [5.41, 5.74) is 0. The predicted molar refractivity (Wildman–Crippen MR) is 51.2 cm³/mol. The van der Waals surface area contributed by atoms with Gasteiger partial charge in [0.25, 0.3) is 0 Å². The molecule has 0 radical (unpaired) electrons. The lowest BCUT2D eigenvalue weighted by atomic mass is 10.3. The lowest BCUT2D eigenvalue weighted by Crippen LogP contribution is -1.83. The predicted octanol–water partition coefficient (Wildman–Crippen LogP) is 2.21. The summed E-state index contributed by atoms with van der Waals surface area (Å²) in [7, 11) is 0.148. The fourth-order valence-electron chi connectivity index (χ4n) is 0.582. The lowest BCUT2D eigenvalue weighted by molar-refractivity contribution is 1.13. The van der Waals surface area contributed by atoms with Crippen LogP contribution >= 0.6 is 21.8 Å². The van der Waals surface area contributed by atoms with E-state index in [2.05, 4.69) is 41.7 Å². The van der Waals surface area contributed by atoms with Crippen molar-refractivity contribution in [2.45, 2.75) is 26.7 Å². The van der Waals surface area contributed by atoms with Crippen molar-refractivity contribution < 1.29 is 0 Å². The topological polar surface area (TPSA) is 0 Å². The summed E-state index contributed by atoms with van der Waals surface area (Å²) < 4.78 is 0. The molecule has 0 aliphatic heterocycles. The molecule has 0 saturated carbocycles. The quantitative estimate of drug-likeness (QED) is 0.403. The van der Waals surface area contributed by atoms with Crippen molar-refractivity contribution in [3.05, 3.63) is 11.3 Å². The van der Waals surface area contributed by atoms with Gasteiger partial charge in [0.15, 0.2) is 0 Å². The van der Waals surface area contributed by atoms with E-state index in [9.17, 15) is 0 Å². The van der Waals surface area contributed by atoms with Gasteiger partial charge in [0.2, 0.25) is 0 Å². The highest BCUT2D eigenvalue weighted by Gasteiger charge is 1.86. The SMILES string of the molecule is CCC=C(CC)[SiH2]I. The summed E-state index contributed by atoms with van der Waals surface area (Å²) in [6.45, 7) is 4.45. The molecule has 48 valence electrons. The van der Waals surface area contributed by atoms with E-state index >= 15 is 0 Å². The molecule has 0 aliphatic carbocycles. The summed E-state index contributed by atoms with van der Waals surface area (Å²) in [5.74, 6) is 0. The van der Waals surface area contributed by atoms with Crippen molar-refractivity contribution in [3.63, 3.8) is 0 Å². The Morgan fingerprint density at radius 1 is 1.62 bits per heavy atom. The van der Waals surface area contributed by atoms with E-state index in [1.807, 2.05) is 0 Å². The van der Waals surface area contributed by atoms with Gasteiger partial charge >= 0.3 is 0 Å². The molecular weight excluding hydrogens is 227 g/mol. The van der Waals surface area contributed by atoms with Crippen LogP contribution in [0, 0.1) is 0 Å². The Morgan fingerprint density at radius 3 is 2.38 bits per heavy atom. The molecule has 0 aromatic rings. The minimum Gasteiger partial charge on any atom is -0.122 e. The average molecular weight is 240 g/mol. The van der Waals surface area contributed by atoms with Crippen LogP contribution in [0.3, 0.4) is 0 Å². The molecular formula is C6H13ISi. The molecule has 0 spiro atoms. The van der Waals surface area contributed by atoms with Gasteiger partial charge in [0, 0.05) is 0 Å². The van der Waals surface area contributed by atoms with Crippen molar-refractivity contribution in [1.82, 2.24) is 0 Å². The molecule has 0 bridgehead atoms. The molecule has 0 unspecified atom stereocenters. The van der Waals surface area contributed by atoms with Gasteiger partial charge in [-0.25, -0.2) is 0 Å². The van der Waals surface area contributed by atoms with Crippen LogP contribution in [0.25, 0.3) is 0 Å². The Labute approximate surface area is 66.8 Å². The first-order valence-corrected chi connectivity index (χ1v) is 8.90. The largest absolute Gasteiger partial charge is 0.122 e.